The van der Waals surface area contributed by atoms with Gasteiger partial charge in [0.1, 0.15) is 5.75 Å². The minimum Gasteiger partial charge on any atom is -0.497 e. The number of hydrogen-bond donors (Lipinski definition) is 1. The van der Waals surface area contributed by atoms with Gasteiger partial charge < -0.3 is 10.1 Å². The van der Waals surface area contributed by atoms with Gasteiger partial charge in [-0.1, -0.05) is 38.8 Å². The van der Waals surface area contributed by atoms with Gasteiger partial charge >= 0.3 is 0 Å². The smallest absolute Gasteiger partial charge is 0.119 e. The second-order valence-corrected chi connectivity index (χ2v) is 4.94. The van der Waals surface area contributed by atoms with Crippen LogP contribution in [0.4, 0.5) is 0 Å². The molecule has 0 heterocycles. The molecule has 2 nitrogen and oxygen atoms in total. The Kier molecular flexibility index (Phi) is 6.06. The van der Waals surface area contributed by atoms with Gasteiger partial charge in [-0.3, -0.25) is 0 Å². The summed E-state index contributed by atoms with van der Waals surface area (Å²) in [5, 5.41) is 3.39. The Balaban J connectivity index is 2.59. The second-order valence-electron chi connectivity index (χ2n) is 4.94. The lowest BCUT2D eigenvalue weighted by molar-refractivity contribution is 0.412. The molecule has 0 aromatic heterocycles. The first-order valence-electron chi connectivity index (χ1n) is 6.48. The molecule has 0 saturated carbocycles. The molecule has 1 atom stereocenters. The van der Waals surface area contributed by atoms with Crippen molar-refractivity contribution in [2.75, 3.05) is 14.2 Å². The fraction of sp³-hybridized carbons (Fsp3) is 0.600. The van der Waals surface area contributed by atoms with E-state index in [1.807, 2.05) is 13.1 Å². The molecule has 0 aliphatic heterocycles. The molecule has 0 spiro atoms. The van der Waals surface area contributed by atoms with E-state index < -0.39 is 0 Å². The summed E-state index contributed by atoms with van der Waals surface area (Å²) in [4.78, 5) is 0. The molecule has 1 rings (SSSR count). The number of hydrogen-bond acceptors (Lipinski definition) is 2. The standard InChI is InChI=1S/C15H25NO/c1-12(2)7-5-10-15(16-3)13-8-6-9-14(11-13)17-4/h6,8-9,11-12,15-16H,5,7,10H2,1-4H3. The highest BCUT2D eigenvalue weighted by molar-refractivity contribution is 5.30. The van der Waals surface area contributed by atoms with Gasteiger partial charge in [-0.2, -0.15) is 0 Å². The van der Waals surface area contributed by atoms with Crippen LogP contribution in [0.1, 0.15) is 44.7 Å². The maximum absolute atomic E-state index is 5.26. The normalized spacial score (nSPS) is 12.8. The zero-order chi connectivity index (χ0) is 12.7. The summed E-state index contributed by atoms with van der Waals surface area (Å²) < 4.78 is 5.26. The molecule has 17 heavy (non-hydrogen) atoms. The Morgan fingerprint density at radius 2 is 2.00 bits per heavy atom. The Bertz CT molecular complexity index is 322. The van der Waals surface area contributed by atoms with E-state index in [1.165, 1.54) is 24.8 Å². The minimum atomic E-state index is 0.434. The topological polar surface area (TPSA) is 21.3 Å². The maximum atomic E-state index is 5.26. The largest absolute Gasteiger partial charge is 0.497 e. The molecular formula is C15H25NO. The van der Waals surface area contributed by atoms with Crippen molar-refractivity contribution < 1.29 is 4.74 Å². The van der Waals surface area contributed by atoms with Crippen LogP contribution in [-0.2, 0) is 0 Å². The Labute approximate surface area is 105 Å². The molecule has 0 amide bonds. The molecule has 1 aromatic carbocycles. The van der Waals surface area contributed by atoms with Gasteiger partial charge in [0.2, 0.25) is 0 Å². The summed E-state index contributed by atoms with van der Waals surface area (Å²) >= 11 is 0. The van der Waals surface area contributed by atoms with Crippen LogP contribution in [0, 0.1) is 5.92 Å². The number of rotatable bonds is 7. The van der Waals surface area contributed by atoms with Gasteiger partial charge in [-0.15, -0.1) is 0 Å². The summed E-state index contributed by atoms with van der Waals surface area (Å²) in [7, 11) is 3.74. The van der Waals surface area contributed by atoms with E-state index in [4.69, 9.17) is 4.74 Å². The van der Waals surface area contributed by atoms with Crippen LogP contribution < -0.4 is 10.1 Å². The fourth-order valence-electron chi connectivity index (χ4n) is 2.07. The first-order valence-corrected chi connectivity index (χ1v) is 6.48. The van der Waals surface area contributed by atoms with Gasteiger partial charge in [-0.25, -0.2) is 0 Å². The van der Waals surface area contributed by atoms with Crippen LogP contribution in [0.5, 0.6) is 5.75 Å². The van der Waals surface area contributed by atoms with Crippen LogP contribution in [0.3, 0.4) is 0 Å². The third-order valence-corrected chi connectivity index (χ3v) is 3.12. The highest BCUT2D eigenvalue weighted by atomic mass is 16.5. The first kappa shape index (κ1) is 14.0. The predicted octanol–water partition coefficient (Wildman–Crippen LogP) is 3.78. The van der Waals surface area contributed by atoms with Crippen molar-refractivity contribution in [2.24, 2.45) is 5.92 Å². The summed E-state index contributed by atoms with van der Waals surface area (Å²) in [6.07, 6.45) is 3.74. The third kappa shape index (κ3) is 4.78. The number of nitrogens with one attached hydrogen (secondary N) is 1. The van der Waals surface area contributed by atoms with Crippen molar-refractivity contribution in [1.29, 1.82) is 0 Å². The zero-order valence-corrected chi connectivity index (χ0v) is 11.5. The Hall–Kier alpha value is -1.02. The molecule has 0 saturated heterocycles. The average Bonchev–Trinajstić information content (AvgIpc) is 2.34. The van der Waals surface area contributed by atoms with Crippen molar-refractivity contribution in [3.63, 3.8) is 0 Å². The van der Waals surface area contributed by atoms with E-state index in [9.17, 15) is 0 Å². The molecular weight excluding hydrogens is 210 g/mol. The van der Waals surface area contributed by atoms with Crippen LogP contribution >= 0.6 is 0 Å². The second kappa shape index (κ2) is 7.33. The van der Waals surface area contributed by atoms with E-state index >= 15 is 0 Å². The molecule has 2 heteroatoms. The molecule has 1 unspecified atom stereocenters. The molecule has 1 N–H and O–H groups in total. The third-order valence-electron chi connectivity index (χ3n) is 3.12. The Morgan fingerprint density at radius 1 is 1.24 bits per heavy atom. The van der Waals surface area contributed by atoms with Crippen LogP contribution in [-0.4, -0.2) is 14.2 Å². The van der Waals surface area contributed by atoms with Gasteiger partial charge in [-0.05, 0) is 37.1 Å². The van der Waals surface area contributed by atoms with E-state index in [1.54, 1.807) is 7.11 Å². The van der Waals surface area contributed by atoms with Crippen molar-refractivity contribution in [2.45, 2.75) is 39.2 Å². The Morgan fingerprint density at radius 3 is 2.59 bits per heavy atom. The average molecular weight is 235 g/mol. The fourth-order valence-corrected chi connectivity index (χ4v) is 2.07. The van der Waals surface area contributed by atoms with Crippen LogP contribution in [0.15, 0.2) is 24.3 Å². The number of benzene rings is 1. The molecule has 0 fully saturated rings. The lowest BCUT2D eigenvalue weighted by Gasteiger charge is -2.17. The highest BCUT2D eigenvalue weighted by Gasteiger charge is 2.09. The molecule has 1 aromatic rings. The van der Waals surface area contributed by atoms with E-state index in [-0.39, 0.29) is 0 Å². The zero-order valence-electron chi connectivity index (χ0n) is 11.5. The maximum Gasteiger partial charge on any atom is 0.119 e. The molecule has 0 aliphatic rings. The van der Waals surface area contributed by atoms with Gasteiger partial charge in [0, 0.05) is 6.04 Å². The van der Waals surface area contributed by atoms with E-state index in [0.29, 0.717) is 6.04 Å². The van der Waals surface area contributed by atoms with E-state index in [0.717, 1.165) is 11.7 Å². The molecule has 0 bridgehead atoms. The number of ether oxygens (including phenoxy) is 1. The minimum absolute atomic E-state index is 0.434. The highest BCUT2D eigenvalue weighted by Crippen LogP contribution is 2.23. The molecule has 96 valence electrons. The van der Waals surface area contributed by atoms with Crippen molar-refractivity contribution in [3.05, 3.63) is 29.8 Å². The van der Waals surface area contributed by atoms with E-state index in [2.05, 4.69) is 37.4 Å². The quantitative estimate of drug-likeness (QED) is 0.776. The van der Waals surface area contributed by atoms with Crippen LogP contribution in [0.2, 0.25) is 0 Å². The first-order chi connectivity index (χ1) is 8.17. The molecule has 0 radical (unpaired) electrons. The SMILES string of the molecule is CNC(CCCC(C)C)c1cccc(OC)c1. The summed E-state index contributed by atoms with van der Waals surface area (Å²) in [5.74, 6) is 1.73. The summed E-state index contributed by atoms with van der Waals surface area (Å²) in [6, 6.07) is 8.77. The van der Waals surface area contributed by atoms with Crippen molar-refractivity contribution >= 4 is 0 Å². The van der Waals surface area contributed by atoms with Crippen molar-refractivity contribution in [3.8, 4) is 5.75 Å². The number of methoxy groups -OCH3 is 1. The van der Waals surface area contributed by atoms with Gasteiger partial charge in [0.15, 0.2) is 0 Å². The van der Waals surface area contributed by atoms with Crippen LogP contribution in [0.25, 0.3) is 0 Å². The predicted molar refractivity (Wildman–Crippen MR) is 73.5 cm³/mol. The summed E-state index contributed by atoms with van der Waals surface area (Å²) in [6.45, 7) is 4.56. The monoisotopic (exact) mass is 235 g/mol. The van der Waals surface area contributed by atoms with Crippen molar-refractivity contribution in [1.82, 2.24) is 5.32 Å². The lowest BCUT2D eigenvalue weighted by atomic mass is 9.98. The summed E-state index contributed by atoms with van der Waals surface area (Å²) in [5.41, 5.74) is 1.32. The lowest BCUT2D eigenvalue weighted by Crippen LogP contribution is -2.16. The van der Waals surface area contributed by atoms with Gasteiger partial charge in [0.25, 0.3) is 0 Å². The molecule has 0 aliphatic carbocycles. The van der Waals surface area contributed by atoms with Gasteiger partial charge in [0.05, 0.1) is 7.11 Å².